The van der Waals surface area contributed by atoms with Crippen LogP contribution in [0.3, 0.4) is 0 Å². The van der Waals surface area contributed by atoms with Gasteiger partial charge in [0.2, 0.25) is 5.43 Å². The average molecular weight is 670 g/mol. The van der Waals surface area contributed by atoms with Crippen LogP contribution in [0.25, 0.3) is 20.7 Å². The number of esters is 1. The van der Waals surface area contributed by atoms with Crippen LogP contribution in [0.2, 0.25) is 0 Å². The summed E-state index contributed by atoms with van der Waals surface area (Å²) in [4.78, 5) is 41.3. The summed E-state index contributed by atoms with van der Waals surface area (Å²) in [5.41, 5.74) is 0.643. The molecule has 7 nitrogen and oxygen atoms in total. The SMILES string of the molecule is CCOC(=O)c1cn(Cc2c(F)cccc2F)c2sc(-c3ccc(NC(=O)C(F)(F)F)cc3)c(CN(C)Cc3ccccc3)c2c1=O. The minimum absolute atomic E-state index is 0.0168. The first kappa shape index (κ1) is 33.5. The zero-order valence-corrected chi connectivity index (χ0v) is 26.0. The van der Waals surface area contributed by atoms with Crippen LogP contribution in [0.5, 0.6) is 0 Å². The van der Waals surface area contributed by atoms with Crippen LogP contribution in [0.4, 0.5) is 27.6 Å². The van der Waals surface area contributed by atoms with Crippen molar-refractivity contribution in [3.8, 4) is 10.4 Å². The molecule has 0 fully saturated rings. The van der Waals surface area contributed by atoms with Crippen LogP contribution in [-0.4, -0.2) is 41.2 Å². The third kappa shape index (κ3) is 7.42. The third-order valence-electron chi connectivity index (χ3n) is 7.28. The Morgan fingerprint density at radius 2 is 1.57 bits per heavy atom. The molecule has 0 spiro atoms. The van der Waals surface area contributed by atoms with E-state index in [0.717, 1.165) is 29.0 Å². The Labute approximate surface area is 269 Å². The summed E-state index contributed by atoms with van der Waals surface area (Å²) in [6.45, 7) is 1.87. The number of alkyl halides is 3. The fourth-order valence-electron chi connectivity index (χ4n) is 5.13. The molecule has 0 unspecified atom stereocenters. The van der Waals surface area contributed by atoms with E-state index in [1.54, 1.807) is 12.2 Å². The molecule has 0 aliphatic heterocycles. The molecular formula is C34H28F5N3O4S. The van der Waals surface area contributed by atoms with Crippen molar-refractivity contribution in [1.29, 1.82) is 0 Å². The quantitative estimate of drug-likeness (QED) is 0.124. The van der Waals surface area contributed by atoms with E-state index in [-0.39, 0.29) is 41.9 Å². The first-order chi connectivity index (χ1) is 22.4. The largest absolute Gasteiger partial charge is 0.471 e. The topological polar surface area (TPSA) is 80.6 Å². The van der Waals surface area contributed by atoms with E-state index in [0.29, 0.717) is 27.4 Å². The number of hydrogen-bond donors (Lipinski definition) is 1. The highest BCUT2D eigenvalue weighted by atomic mass is 32.1. The van der Waals surface area contributed by atoms with Crippen molar-refractivity contribution in [1.82, 2.24) is 9.47 Å². The van der Waals surface area contributed by atoms with Gasteiger partial charge in [0.25, 0.3) is 0 Å². The summed E-state index contributed by atoms with van der Waals surface area (Å²) in [5.74, 6) is -4.65. The van der Waals surface area contributed by atoms with Gasteiger partial charge in [0.1, 0.15) is 22.0 Å². The van der Waals surface area contributed by atoms with Crippen LogP contribution < -0.4 is 10.7 Å². The van der Waals surface area contributed by atoms with Crippen LogP contribution >= 0.6 is 11.3 Å². The van der Waals surface area contributed by atoms with Crippen molar-refractivity contribution >= 4 is 39.1 Å². The molecule has 1 amide bonds. The van der Waals surface area contributed by atoms with Gasteiger partial charge in [-0.2, -0.15) is 13.2 Å². The maximum Gasteiger partial charge on any atom is 0.471 e. The van der Waals surface area contributed by atoms with E-state index in [1.807, 2.05) is 42.3 Å². The number of ether oxygens (including phenoxy) is 1. The highest BCUT2D eigenvalue weighted by Gasteiger charge is 2.38. The summed E-state index contributed by atoms with van der Waals surface area (Å²) >= 11 is 1.13. The van der Waals surface area contributed by atoms with Gasteiger partial charge < -0.3 is 14.6 Å². The number of hydrogen-bond acceptors (Lipinski definition) is 6. The molecule has 0 saturated heterocycles. The molecule has 1 N–H and O–H groups in total. The van der Waals surface area contributed by atoms with E-state index < -0.39 is 35.1 Å². The van der Waals surface area contributed by atoms with Gasteiger partial charge in [-0.05, 0) is 54.9 Å². The maximum absolute atomic E-state index is 14.8. The van der Waals surface area contributed by atoms with Gasteiger partial charge in [-0.1, -0.05) is 48.5 Å². The molecule has 13 heteroatoms. The van der Waals surface area contributed by atoms with Crippen LogP contribution in [0.15, 0.2) is 83.8 Å². The summed E-state index contributed by atoms with van der Waals surface area (Å²) in [6.07, 6.45) is -3.85. The predicted octanol–water partition coefficient (Wildman–Crippen LogP) is 7.37. The smallest absolute Gasteiger partial charge is 0.462 e. The first-order valence-electron chi connectivity index (χ1n) is 14.4. The second-order valence-corrected chi connectivity index (χ2v) is 11.7. The van der Waals surface area contributed by atoms with Crippen molar-refractivity contribution in [2.45, 2.75) is 32.7 Å². The zero-order chi connectivity index (χ0) is 33.9. The number of pyridine rings is 1. The number of nitrogens with zero attached hydrogens (tertiary/aromatic N) is 2. The van der Waals surface area contributed by atoms with E-state index in [9.17, 15) is 36.3 Å². The van der Waals surface area contributed by atoms with E-state index in [4.69, 9.17) is 4.74 Å². The summed E-state index contributed by atoms with van der Waals surface area (Å²) < 4.78 is 74.7. The van der Waals surface area contributed by atoms with Gasteiger partial charge in [-0.25, -0.2) is 13.6 Å². The number of benzene rings is 3. The molecule has 0 radical (unpaired) electrons. The number of carbonyl (C=O) groups excluding carboxylic acids is 2. The number of carbonyl (C=O) groups is 2. The highest BCUT2D eigenvalue weighted by molar-refractivity contribution is 7.22. The number of thiophene rings is 1. The van der Waals surface area contributed by atoms with Crippen molar-refractivity contribution in [3.05, 3.63) is 123 Å². The molecule has 0 aliphatic carbocycles. The first-order valence-corrected chi connectivity index (χ1v) is 15.2. The molecule has 244 valence electrons. The number of fused-ring (bicyclic) bond motifs is 1. The predicted molar refractivity (Wildman–Crippen MR) is 169 cm³/mol. The number of amides is 1. The third-order valence-corrected chi connectivity index (χ3v) is 8.60. The molecule has 2 heterocycles. The van der Waals surface area contributed by atoms with Crippen LogP contribution in [0, 0.1) is 11.6 Å². The lowest BCUT2D eigenvalue weighted by atomic mass is 10.0. The Kier molecular flexibility index (Phi) is 9.87. The molecule has 5 aromatic rings. The number of rotatable bonds is 10. The van der Waals surface area contributed by atoms with Crippen molar-refractivity contribution in [2.24, 2.45) is 0 Å². The number of aromatic nitrogens is 1. The molecule has 3 aromatic carbocycles. The zero-order valence-electron chi connectivity index (χ0n) is 25.2. The molecule has 0 aliphatic rings. The van der Waals surface area contributed by atoms with Crippen molar-refractivity contribution < 1.29 is 36.3 Å². The van der Waals surface area contributed by atoms with E-state index in [2.05, 4.69) is 0 Å². The molecule has 0 bridgehead atoms. The van der Waals surface area contributed by atoms with Gasteiger partial charge in [-0.15, -0.1) is 11.3 Å². The Morgan fingerprint density at radius 3 is 2.19 bits per heavy atom. The van der Waals surface area contributed by atoms with Gasteiger partial charge in [0.15, 0.2) is 0 Å². The van der Waals surface area contributed by atoms with Gasteiger partial charge in [0, 0.05) is 35.4 Å². The van der Waals surface area contributed by atoms with Gasteiger partial charge in [-0.3, -0.25) is 14.5 Å². The molecule has 0 saturated carbocycles. The molecular weight excluding hydrogens is 641 g/mol. The van der Waals surface area contributed by atoms with Gasteiger partial charge in [0.05, 0.1) is 18.5 Å². The fourth-order valence-corrected chi connectivity index (χ4v) is 6.42. The minimum Gasteiger partial charge on any atom is -0.462 e. The van der Waals surface area contributed by atoms with Crippen LogP contribution in [-0.2, 0) is 29.2 Å². The second-order valence-electron chi connectivity index (χ2n) is 10.7. The Hall–Kier alpha value is -4.88. The molecule has 0 atom stereocenters. The van der Waals surface area contributed by atoms with Crippen molar-refractivity contribution in [3.63, 3.8) is 0 Å². The Morgan fingerprint density at radius 1 is 0.915 bits per heavy atom. The lowest BCUT2D eigenvalue weighted by molar-refractivity contribution is -0.167. The monoisotopic (exact) mass is 669 g/mol. The summed E-state index contributed by atoms with van der Waals surface area (Å²) in [7, 11) is 1.83. The summed E-state index contributed by atoms with van der Waals surface area (Å²) in [5, 5.41) is 1.94. The summed E-state index contributed by atoms with van der Waals surface area (Å²) in [6, 6.07) is 18.6. The maximum atomic E-state index is 14.8. The van der Waals surface area contributed by atoms with Crippen LogP contribution in [0.1, 0.15) is 34.0 Å². The van der Waals surface area contributed by atoms with E-state index >= 15 is 0 Å². The standard InChI is InChI=1S/C34H28F5N3O4S/c1-3-46-32(44)25-19-42(18-23-26(35)10-7-11-27(23)36)31-28(29(25)43)24(17-41(2)16-20-8-5-4-6-9-20)30(47-31)21-12-14-22(15-13-21)40-33(45)34(37,38)39/h4-15,19H,3,16-18H2,1-2H3,(H,40,45). The Bertz CT molecular complexity index is 1970. The van der Waals surface area contributed by atoms with E-state index in [1.165, 1.54) is 41.1 Å². The molecule has 5 rings (SSSR count). The Balaban J connectivity index is 1.70. The fraction of sp³-hybridized carbons (Fsp3) is 0.206. The molecule has 2 aromatic heterocycles. The van der Waals surface area contributed by atoms with Gasteiger partial charge >= 0.3 is 18.1 Å². The normalized spacial score (nSPS) is 11.7. The average Bonchev–Trinajstić information content (AvgIpc) is 3.40. The highest BCUT2D eigenvalue weighted by Crippen LogP contribution is 2.39. The lowest BCUT2D eigenvalue weighted by Crippen LogP contribution is -2.29. The number of anilines is 1. The second kappa shape index (κ2) is 13.9. The minimum atomic E-state index is -5.08. The molecule has 47 heavy (non-hydrogen) atoms. The lowest BCUT2D eigenvalue weighted by Gasteiger charge is -2.18. The number of halogens is 5. The number of nitrogens with one attached hydrogen (secondary N) is 1. The van der Waals surface area contributed by atoms with Crippen molar-refractivity contribution in [2.75, 3.05) is 19.0 Å².